The van der Waals surface area contributed by atoms with Crippen LogP contribution in [0.3, 0.4) is 0 Å². The van der Waals surface area contributed by atoms with Gasteiger partial charge in [-0.25, -0.2) is 5.43 Å². The minimum Gasteiger partial charge on any atom is -0.507 e. The van der Waals surface area contributed by atoms with Gasteiger partial charge in [-0.3, -0.25) is 4.79 Å². The molecule has 2 N–H and O–H groups in total. The Hall–Kier alpha value is -3.05. The number of halogens is 1. The van der Waals surface area contributed by atoms with Crippen molar-refractivity contribution < 1.29 is 14.6 Å². The molecule has 0 bridgehead atoms. The summed E-state index contributed by atoms with van der Waals surface area (Å²) in [5.41, 5.74) is 3.77. The number of nitrogens with one attached hydrogen (secondary N) is 1. The predicted octanol–water partition coefficient (Wildman–Crippen LogP) is 4.04. The zero-order valence-electron chi connectivity index (χ0n) is 14.1. The van der Waals surface area contributed by atoms with Gasteiger partial charge in [0.1, 0.15) is 11.5 Å². The van der Waals surface area contributed by atoms with Gasteiger partial charge in [0, 0.05) is 10.6 Å². The van der Waals surface area contributed by atoms with Gasteiger partial charge in [-0.05, 0) is 47.5 Å². The standard InChI is InChI=1S/C20H17ClN2O3/c1-13-10-15(21)7-9-19(13)26-12-20(25)23-22-11-17-16-5-3-2-4-14(16)6-8-18(17)24/h2-11,24H,12H2,1H3,(H,23,25)/b22-11-. The molecule has 0 saturated heterocycles. The summed E-state index contributed by atoms with van der Waals surface area (Å²) >= 11 is 5.89. The summed E-state index contributed by atoms with van der Waals surface area (Å²) in [5, 5.41) is 16.4. The Morgan fingerprint density at radius 2 is 2.04 bits per heavy atom. The van der Waals surface area contributed by atoms with E-state index in [9.17, 15) is 9.90 Å². The van der Waals surface area contributed by atoms with Crippen LogP contribution in [0, 0.1) is 6.92 Å². The third-order valence-corrected chi connectivity index (χ3v) is 4.06. The molecule has 0 aliphatic rings. The highest BCUT2D eigenvalue weighted by Gasteiger charge is 2.06. The molecule has 0 spiro atoms. The number of phenolic OH excluding ortho intramolecular Hbond substituents is 1. The first-order chi connectivity index (χ1) is 12.5. The van der Waals surface area contributed by atoms with Crippen LogP contribution in [0.5, 0.6) is 11.5 Å². The van der Waals surface area contributed by atoms with Crippen molar-refractivity contribution >= 4 is 34.5 Å². The molecular weight excluding hydrogens is 352 g/mol. The maximum absolute atomic E-state index is 11.9. The zero-order chi connectivity index (χ0) is 18.5. The highest BCUT2D eigenvalue weighted by atomic mass is 35.5. The van der Waals surface area contributed by atoms with Crippen LogP contribution in [0.2, 0.25) is 5.02 Å². The van der Waals surface area contributed by atoms with Crippen molar-refractivity contribution in [2.45, 2.75) is 6.92 Å². The second kappa shape index (κ2) is 7.89. The highest BCUT2D eigenvalue weighted by molar-refractivity contribution is 6.30. The molecule has 0 fully saturated rings. The molecule has 3 rings (SSSR count). The third kappa shape index (κ3) is 4.13. The molecule has 0 saturated carbocycles. The number of hydrazone groups is 1. The second-order valence-electron chi connectivity index (χ2n) is 5.71. The molecule has 0 unspecified atom stereocenters. The number of hydrogen-bond acceptors (Lipinski definition) is 4. The number of benzene rings is 3. The Kier molecular flexibility index (Phi) is 5.39. The van der Waals surface area contributed by atoms with Crippen molar-refractivity contribution in [1.29, 1.82) is 0 Å². The summed E-state index contributed by atoms with van der Waals surface area (Å²) in [7, 11) is 0. The van der Waals surface area contributed by atoms with Gasteiger partial charge in [-0.15, -0.1) is 0 Å². The van der Waals surface area contributed by atoms with Gasteiger partial charge in [0.25, 0.3) is 5.91 Å². The number of aromatic hydroxyl groups is 1. The molecule has 26 heavy (non-hydrogen) atoms. The Bertz CT molecular complexity index is 986. The number of aryl methyl sites for hydroxylation is 1. The summed E-state index contributed by atoms with van der Waals surface area (Å²) in [5.74, 6) is 0.269. The highest BCUT2D eigenvalue weighted by Crippen LogP contribution is 2.25. The van der Waals surface area contributed by atoms with Gasteiger partial charge in [-0.1, -0.05) is 41.9 Å². The fraction of sp³-hybridized carbons (Fsp3) is 0.100. The van der Waals surface area contributed by atoms with Crippen molar-refractivity contribution in [1.82, 2.24) is 5.43 Å². The Morgan fingerprint density at radius 3 is 2.85 bits per heavy atom. The molecular formula is C20H17ClN2O3. The normalized spacial score (nSPS) is 11.0. The van der Waals surface area contributed by atoms with Crippen LogP contribution >= 0.6 is 11.6 Å². The maximum Gasteiger partial charge on any atom is 0.277 e. The van der Waals surface area contributed by atoms with E-state index in [0.29, 0.717) is 16.3 Å². The van der Waals surface area contributed by atoms with Crippen molar-refractivity contribution in [3.8, 4) is 11.5 Å². The molecule has 0 aliphatic carbocycles. The molecule has 0 radical (unpaired) electrons. The fourth-order valence-corrected chi connectivity index (χ4v) is 2.77. The zero-order valence-corrected chi connectivity index (χ0v) is 14.8. The van der Waals surface area contributed by atoms with Crippen molar-refractivity contribution in [3.05, 3.63) is 70.7 Å². The van der Waals surface area contributed by atoms with E-state index < -0.39 is 5.91 Å². The molecule has 0 aromatic heterocycles. The minimum absolute atomic E-state index is 0.0924. The number of hydrogen-bond donors (Lipinski definition) is 2. The van der Waals surface area contributed by atoms with Crippen LogP contribution in [-0.4, -0.2) is 23.8 Å². The molecule has 1 amide bonds. The van der Waals surface area contributed by atoms with Gasteiger partial charge < -0.3 is 9.84 Å². The minimum atomic E-state index is -0.407. The van der Waals surface area contributed by atoms with E-state index in [-0.39, 0.29) is 12.4 Å². The average molecular weight is 369 g/mol. The number of carbonyl (C=O) groups excluding carboxylic acids is 1. The van der Waals surface area contributed by atoms with E-state index in [2.05, 4.69) is 10.5 Å². The molecule has 3 aromatic rings. The second-order valence-corrected chi connectivity index (χ2v) is 6.15. The first kappa shape index (κ1) is 17.8. The molecule has 132 valence electrons. The molecule has 0 aliphatic heterocycles. The molecule has 3 aromatic carbocycles. The summed E-state index contributed by atoms with van der Waals surface area (Å²) in [6, 6.07) is 16.2. The molecule has 6 heteroatoms. The van der Waals surface area contributed by atoms with E-state index >= 15 is 0 Å². The smallest absolute Gasteiger partial charge is 0.277 e. The largest absolute Gasteiger partial charge is 0.507 e. The van der Waals surface area contributed by atoms with Crippen LogP contribution < -0.4 is 10.2 Å². The van der Waals surface area contributed by atoms with Crippen molar-refractivity contribution in [2.24, 2.45) is 5.10 Å². The van der Waals surface area contributed by atoms with E-state index in [1.807, 2.05) is 37.3 Å². The summed E-state index contributed by atoms with van der Waals surface area (Å²) in [6.07, 6.45) is 1.42. The van der Waals surface area contributed by atoms with E-state index in [1.54, 1.807) is 24.3 Å². The predicted molar refractivity (Wildman–Crippen MR) is 103 cm³/mol. The SMILES string of the molecule is Cc1cc(Cl)ccc1OCC(=O)N/N=C\c1c(O)ccc2ccccc12. The Labute approximate surface area is 155 Å². The number of carbonyl (C=O) groups is 1. The topological polar surface area (TPSA) is 70.9 Å². The van der Waals surface area contributed by atoms with Crippen LogP contribution in [0.25, 0.3) is 10.8 Å². The lowest BCUT2D eigenvalue weighted by atomic mass is 10.0. The van der Waals surface area contributed by atoms with Gasteiger partial charge in [0.2, 0.25) is 0 Å². The molecule has 5 nitrogen and oxygen atoms in total. The van der Waals surface area contributed by atoms with E-state index in [4.69, 9.17) is 16.3 Å². The lowest BCUT2D eigenvalue weighted by molar-refractivity contribution is -0.123. The molecule has 0 heterocycles. The average Bonchev–Trinajstić information content (AvgIpc) is 2.63. The number of rotatable bonds is 5. The van der Waals surface area contributed by atoms with Crippen molar-refractivity contribution in [2.75, 3.05) is 6.61 Å². The fourth-order valence-electron chi connectivity index (χ4n) is 2.54. The first-order valence-electron chi connectivity index (χ1n) is 7.96. The van der Waals surface area contributed by atoms with Gasteiger partial charge in [-0.2, -0.15) is 5.10 Å². The Morgan fingerprint density at radius 1 is 1.23 bits per heavy atom. The third-order valence-electron chi connectivity index (χ3n) is 3.83. The van der Waals surface area contributed by atoms with Gasteiger partial charge >= 0.3 is 0 Å². The van der Waals surface area contributed by atoms with Crippen LogP contribution in [0.15, 0.2) is 59.7 Å². The first-order valence-corrected chi connectivity index (χ1v) is 8.34. The van der Waals surface area contributed by atoms with Crippen LogP contribution in [0.4, 0.5) is 0 Å². The Balaban J connectivity index is 1.64. The number of fused-ring (bicyclic) bond motifs is 1. The summed E-state index contributed by atoms with van der Waals surface area (Å²) in [6.45, 7) is 1.67. The number of amides is 1. The number of ether oxygens (including phenoxy) is 1. The van der Waals surface area contributed by atoms with E-state index in [1.165, 1.54) is 6.21 Å². The quantitative estimate of drug-likeness (QED) is 0.527. The lowest BCUT2D eigenvalue weighted by Crippen LogP contribution is -2.24. The van der Waals surface area contributed by atoms with E-state index in [0.717, 1.165) is 16.3 Å². The summed E-state index contributed by atoms with van der Waals surface area (Å²) in [4.78, 5) is 11.9. The maximum atomic E-state index is 11.9. The monoisotopic (exact) mass is 368 g/mol. The van der Waals surface area contributed by atoms with Gasteiger partial charge in [0.15, 0.2) is 6.61 Å². The van der Waals surface area contributed by atoms with Crippen LogP contribution in [-0.2, 0) is 4.79 Å². The van der Waals surface area contributed by atoms with Crippen LogP contribution in [0.1, 0.15) is 11.1 Å². The lowest BCUT2D eigenvalue weighted by Gasteiger charge is -2.08. The summed E-state index contributed by atoms with van der Waals surface area (Å²) < 4.78 is 5.46. The van der Waals surface area contributed by atoms with Crippen molar-refractivity contribution in [3.63, 3.8) is 0 Å². The molecule has 0 atom stereocenters. The number of phenols is 1. The number of nitrogens with zero attached hydrogens (tertiary/aromatic N) is 1. The van der Waals surface area contributed by atoms with Gasteiger partial charge in [0.05, 0.1) is 6.21 Å².